The van der Waals surface area contributed by atoms with Gasteiger partial charge in [-0.05, 0) is 12.5 Å². The molecule has 2 aromatic heterocycles. The zero-order valence-corrected chi connectivity index (χ0v) is 18.4. The molecule has 3 aromatic rings. The number of aromatic nitrogens is 4. The number of ether oxygens (including phenoxy) is 2. The molecule has 0 aliphatic carbocycles. The number of nitrogens with two attached hydrogens (primary N) is 1. The number of rotatable bonds is 7. The highest BCUT2D eigenvalue weighted by Gasteiger charge is 2.49. The number of nitrogens with one attached hydrogen (secondary N) is 2. The Bertz CT molecular complexity index is 1240. The van der Waals surface area contributed by atoms with Crippen LogP contribution in [0, 0.1) is 0 Å². The molecule has 1 aromatic carbocycles. The van der Waals surface area contributed by atoms with Gasteiger partial charge in [-0.25, -0.2) is 24.5 Å². The van der Waals surface area contributed by atoms with Crippen molar-refractivity contribution < 1.29 is 34.1 Å². The van der Waals surface area contributed by atoms with Crippen LogP contribution in [-0.4, -0.2) is 72.0 Å². The maximum atomic E-state index is 12.7. The van der Waals surface area contributed by atoms with E-state index >= 15 is 0 Å². The van der Waals surface area contributed by atoms with Crippen LogP contribution >= 0.6 is 0 Å². The summed E-state index contributed by atoms with van der Waals surface area (Å²) >= 11 is 0. The van der Waals surface area contributed by atoms with Crippen molar-refractivity contribution in [3.8, 4) is 0 Å². The Labute approximate surface area is 198 Å². The summed E-state index contributed by atoms with van der Waals surface area (Å²) in [4.78, 5) is 48.5. The van der Waals surface area contributed by atoms with E-state index in [4.69, 9.17) is 15.2 Å². The smallest absolute Gasteiger partial charge is 0.408 e. The number of fused-ring (bicyclic) bond motifs is 1. The van der Waals surface area contributed by atoms with E-state index in [-0.39, 0.29) is 23.6 Å². The van der Waals surface area contributed by atoms with Crippen molar-refractivity contribution in [2.75, 3.05) is 5.73 Å². The number of imidazole rings is 1. The molecule has 2 amide bonds. The number of aliphatic hydroxyl groups excluding tert-OH is 1. The number of alkyl carbamates (subject to hydrolysis) is 1. The standard InChI is InChI=1S/C21H23N7O7/c1-10(26-21(33)34-7-11-5-3-2-4-6-11)18(30)27-12-14(29)19(35-15(12)20(31)32)28-9-25-13-16(22)23-8-24-17(13)28/h2-6,8-10,12,14-15,19,29H,7H2,1H3,(H,26,33)(H,27,30)(H,31,32)(H2,22,23,24)/t10-,12-,14+,15-,19+/m0/s1. The second-order valence-corrected chi connectivity index (χ2v) is 7.82. The number of aliphatic hydroxyl groups is 1. The van der Waals surface area contributed by atoms with E-state index < -0.39 is 48.5 Å². The SMILES string of the molecule is C[C@H](NC(=O)OCc1ccccc1)C(=O)N[C@H]1[C@@H](O)[C@H](n2cnc3c(N)ncnc32)O[C@@H]1C(=O)O. The van der Waals surface area contributed by atoms with E-state index in [1.165, 1.54) is 24.1 Å². The van der Waals surface area contributed by atoms with E-state index in [1.807, 2.05) is 6.07 Å². The van der Waals surface area contributed by atoms with Crippen molar-refractivity contribution in [1.29, 1.82) is 0 Å². The average molecular weight is 485 g/mol. The normalized spacial score (nSPS) is 22.5. The first-order valence-corrected chi connectivity index (χ1v) is 10.5. The number of nitrogens with zero attached hydrogens (tertiary/aromatic N) is 4. The lowest BCUT2D eigenvalue weighted by atomic mass is 10.1. The van der Waals surface area contributed by atoms with Crippen LogP contribution in [0.5, 0.6) is 0 Å². The molecule has 1 fully saturated rings. The van der Waals surface area contributed by atoms with Crippen LogP contribution in [0.4, 0.5) is 10.6 Å². The zero-order valence-electron chi connectivity index (χ0n) is 18.4. The van der Waals surface area contributed by atoms with Crippen LogP contribution in [0.3, 0.4) is 0 Å². The van der Waals surface area contributed by atoms with E-state index in [1.54, 1.807) is 24.3 Å². The minimum absolute atomic E-state index is 0.00584. The molecule has 1 saturated heterocycles. The van der Waals surface area contributed by atoms with Crippen LogP contribution in [0.2, 0.25) is 0 Å². The van der Waals surface area contributed by atoms with Crippen molar-refractivity contribution >= 4 is 35.0 Å². The fourth-order valence-electron chi connectivity index (χ4n) is 3.63. The largest absolute Gasteiger partial charge is 0.479 e. The van der Waals surface area contributed by atoms with Crippen molar-refractivity contribution in [3.05, 3.63) is 48.5 Å². The second kappa shape index (κ2) is 9.90. The maximum Gasteiger partial charge on any atom is 0.408 e. The average Bonchev–Trinajstić information content (AvgIpc) is 3.40. The molecule has 35 heavy (non-hydrogen) atoms. The fraction of sp³-hybridized carbons (Fsp3) is 0.333. The van der Waals surface area contributed by atoms with Gasteiger partial charge in [0, 0.05) is 0 Å². The topological polar surface area (TPSA) is 204 Å². The second-order valence-electron chi connectivity index (χ2n) is 7.82. The number of carbonyl (C=O) groups excluding carboxylic acids is 2. The molecule has 0 spiro atoms. The summed E-state index contributed by atoms with van der Waals surface area (Å²) in [6.07, 6.45) is -2.69. The quantitative estimate of drug-likeness (QED) is 0.290. The molecule has 1 aliphatic heterocycles. The van der Waals surface area contributed by atoms with E-state index in [2.05, 4.69) is 25.6 Å². The van der Waals surface area contributed by atoms with E-state index in [9.17, 15) is 24.6 Å². The number of amides is 2. The number of aliphatic carboxylic acids is 1. The van der Waals surface area contributed by atoms with Gasteiger partial charge in [-0.1, -0.05) is 30.3 Å². The lowest BCUT2D eigenvalue weighted by Gasteiger charge is -2.22. The number of benzene rings is 1. The summed E-state index contributed by atoms with van der Waals surface area (Å²) in [5.41, 5.74) is 7.00. The molecular formula is C21H23N7O7. The zero-order chi connectivity index (χ0) is 25.1. The summed E-state index contributed by atoms with van der Waals surface area (Å²) in [6.45, 7) is 1.39. The van der Waals surface area contributed by atoms with Gasteiger partial charge >= 0.3 is 12.1 Å². The Morgan fingerprint density at radius 3 is 2.69 bits per heavy atom. The van der Waals surface area contributed by atoms with Crippen LogP contribution in [0.15, 0.2) is 43.0 Å². The summed E-state index contributed by atoms with van der Waals surface area (Å²) in [5.74, 6) is -2.05. The van der Waals surface area contributed by atoms with Gasteiger partial charge in [-0.2, -0.15) is 0 Å². The molecule has 0 radical (unpaired) electrons. The Morgan fingerprint density at radius 1 is 1.23 bits per heavy atom. The number of hydrogen-bond donors (Lipinski definition) is 5. The van der Waals surface area contributed by atoms with Crippen molar-refractivity contribution in [3.63, 3.8) is 0 Å². The van der Waals surface area contributed by atoms with Gasteiger partial charge in [-0.15, -0.1) is 0 Å². The molecule has 14 nitrogen and oxygen atoms in total. The summed E-state index contributed by atoms with van der Waals surface area (Å²) in [5, 5.41) is 25.3. The van der Waals surface area contributed by atoms with Gasteiger partial charge in [0.2, 0.25) is 5.91 Å². The number of nitrogen functional groups attached to an aromatic ring is 1. The number of carboxylic acid groups (broad SMARTS) is 1. The van der Waals surface area contributed by atoms with Crippen molar-refractivity contribution in [2.45, 2.75) is 44.1 Å². The van der Waals surface area contributed by atoms with Gasteiger partial charge in [-0.3, -0.25) is 9.36 Å². The van der Waals surface area contributed by atoms with Crippen LogP contribution < -0.4 is 16.4 Å². The molecule has 5 atom stereocenters. The number of anilines is 1. The van der Waals surface area contributed by atoms with Crippen molar-refractivity contribution in [2.24, 2.45) is 0 Å². The highest BCUT2D eigenvalue weighted by atomic mass is 16.6. The Hall–Kier alpha value is -4.30. The highest BCUT2D eigenvalue weighted by molar-refractivity contribution is 5.86. The lowest BCUT2D eigenvalue weighted by molar-refractivity contribution is -0.152. The highest BCUT2D eigenvalue weighted by Crippen LogP contribution is 2.32. The predicted molar refractivity (Wildman–Crippen MR) is 118 cm³/mol. The molecule has 0 saturated carbocycles. The Morgan fingerprint density at radius 2 is 1.97 bits per heavy atom. The molecule has 1 aliphatic rings. The number of hydrogen-bond acceptors (Lipinski definition) is 10. The fourth-order valence-corrected chi connectivity index (χ4v) is 3.63. The Balaban J connectivity index is 1.42. The lowest BCUT2D eigenvalue weighted by Crippen LogP contribution is -2.54. The molecule has 14 heteroatoms. The molecule has 0 bridgehead atoms. The number of carbonyl (C=O) groups is 3. The van der Waals surface area contributed by atoms with E-state index in [0.717, 1.165) is 5.56 Å². The molecule has 184 valence electrons. The summed E-state index contributed by atoms with van der Waals surface area (Å²) in [7, 11) is 0. The van der Waals surface area contributed by atoms with Crippen LogP contribution in [-0.2, 0) is 25.7 Å². The van der Waals surface area contributed by atoms with Gasteiger partial charge < -0.3 is 36.1 Å². The molecule has 4 rings (SSSR count). The summed E-state index contributed by atoms with van der Waals surface area (Å²) in [6, 6.07) is 6.52. The molecular weight excluding hydrogens is 462 g/mol. The maximum absolute atomic E-state index is 12.7. The first-order chi connectivity index (χ1) is 16.8. The monoisotopic (exact) mass is 485 g/mol. The van der Waals surface area contributed by atoms with Crippen LogP contribution in [0.1, 0.15) is 18.7 Å². The first-order valence-electron chi connectivity index (χ1n) is 10.5. The predicted octanol–water partition coefficient (Wildman–Crippen LogP) is -0.449. The third-order valence-corrected chi connectivity index (χ3v) is 5.43. The van der Waals surface area contributed by atoms with Gasteiger partial charge in [0.05, 0.1) is 12.4 Å². The van der Waals surface area contributed by atoms with Crippen molar-refractivity contribution in [1.82, 2.24) is 30.2 Å². The molecule has 3 heterocycles. The van der Waals surface area contributed by atoms with Gasteiger partial charge in [0.25, 0.3) is 0 Å². The third kappa shape index (κ3) is 4.97. The molecule has 6 N–H and O–H groups in total. The Kier molecular flexibility index (Phi) is 6.75. The first kappa shape index (κ1) is 23.8. The van der Waals surface area contributed by atoms with Gasteiger partial charge in [0.15, 0.2) is 23.8 Å². The minimum atomic E-state index is -1.59. The minimum Gasteiger partial charge on any atom is -0.479 e. The van der Waals surface area contributed by atoms with Gasteiger partial charge in [0.1, 0.15) is 30.6 Å². The van der Waals surface area contributed by atoms with E-state index in [0.29, 0.717) is 0 Å². The molecule has 0 unspecified atom stereocenters. The van der Waals surface area contributed by atoms with Crippen LogP contribution in [0.25, 0.3) is 11.2 Å². The summed E-state index contributed by atoms with van der Waals surface area (Å²) < 4.78 is 11.9. The number of carboxylic acids is 1. The third-order valence-electron chi connectivity index (χ3n) is 5.43.